The highest BCUT2D eigenvalue weighted by Crippen LogP contribution is 2.26. The molecule has 0 saturated carbocycles. The van der Waals surface area contributed by atoms with Crippen LogP contribution >= 0.6 is 0 Å². The number of nitrogens with one attached hydrogen (secondary N) is 1. The maximum Gasteiger partial charge on any atom is 0.310 e. The zero-order valence-electron chi connectivity index (χ0n) is 12.7. The van der Waals surface area contributed by atoms with Crippen LogP contribution in [0.5, 0.6) is 0 Å². The van der Waals surface area contributed by atoms with Crippen molar-refractivity contribution in [3.05, 3.63) is 71.5 Å². The molecule has 0 unspecified atom stereocenters. The van der Waals surface area contributed by atoms with E-state index in [1.807, 2.05) is 54.6 Å². The van der Waals surface area contributed by atoms with Gasteiger partial charge in [0, 0.05) is 18.1 Å². The van der Waals surface area contributed by atoms with Crippen LogP contribution in [-0.2, 0) is 22.8 Å². The lowest BCUT2D eigenvalue weighted by Crippen LogP contribution is -2.24. The molecule has 0 spiro atoms. The topological polar surface area (TPSA) is 60.7 Å². The molecule has 3 rings (SSSR count). The van der Waals surface area contributed by atoms with E-state index in [1.165, 1.54) is 0 Å². The minimum Gasteiger partial charge on any atom is -0.450 e. The van der Waals surface area contributed by atoms with Gasteiger partial charge in [0.25, 0.3) is 0 Å². The van der Waals surface area contributed by atoms with Crippen LogP contribution in [-0.4, -0.2) is 13.0 Å². The average molecular weight is 311 g/mol. The number of hydrogen-bond acceptors (Lipinski definition) is 4. The molecule has 1 amide bonds. The summed E-state index contributed by atoms with van der Waals surface area (Å²) < 4.78 is 10.8. The van der Waals surface area contributed by atoms with Gasteiger partial charge in [-0.05, 0) is 11.6 Å². The van der Waals surface area contributed by atoms with Crippen LogP contribution < -0.4 is 5.48 Å². The van der Waals surface area contributed by atoms with Crippen molar-refractivity contribution in [2.45, 2.75) is 13.2 Å². The predicted octanol–water partition coefficient (Wildman–Crippen LogP) is 3.44. The number of methoxy groups -OCH3 is 1. The molecule has 1 aromatic heterocycles. The van der Waals surface area contributed by atoms with Gasteiger partial charge in [0.2, 0.25) is 0 Å². The fraction of sp³-hybridized carbons (Fsp3) is 0.167. The quantitative estimate of drug-likeness (QED) is 0.708. The zero-order valence-corrected chi connectivity index (χ0v) is 12.7. The molecule has 5 heteroatoms. The van der Waals surface area contributed by atoms with Crippen LogP contribution in [0.25, 0.3) is 11.0 Å². The number of fused-ring (bicyclic) bond motifs is 1. The van der Waals surface area contributed by atoms with E-state index >= 15 is 0 Å². The maximum absolute atomic E-state index is 12.3. The number of rotatable bonds is 6. The molecular weight excluding hydrogens is 294 g/mol. The summed E-state index contributed by atoms with van der Waals surface area (Å²) in [6.45, 7) is 0.574. The Morgan fingerprint density at radius 1 is 1.04 bits per heavy atom. The molecule has 23 heavy (non-hydrogen) atoms. The summed E-state index contributed by atoms with van der Waals surface area (Å²) in [5.41, 5.74) is 4.74. The van der Waals surface area contributed by atoms with Crippen molar-refractivity contribution >= 4 is 16.9 Å². The summed E-state index contributed by atoms with van der Waals surface area (Å²) >= 11 is 0. The van der Waals surface area contributed by atoms with Crippen LogP contribution in [0.1, 0.15) is 21.7 Å². The largest absolute Gasteiger partial charge is 0.450 e. The molecule has 0 aliphatic heterocycles. The van der Waals surface area contributed by atoms with Gasteiger partial charge >= 0.3 is 5.91 Å². The Labute approximate surface area is 133 Å². The minimum absolute atomic E-state index is 0.209. The second kappa shape index (κ2) is 7.09. The fourth-order valence-electron chi connectivity index (χ4n) is 2.38. The first-order valence-electron chi connectivity index (χ1n) is 7.25. The molecule has 118 valence electrons. The first-order valence-corrected chi connectivity index (χ1v) is 7.25. The maximum atomic E-state index is 12.3. The smallest absolute Gasteiger partial charge is 0.310 e. The minimum atomic E-state index is -0.427. The van der Waals surface area contributed by atoms with Crippen LogP contribution in [0.3, 0.4) is 0 Å². The van der Waals surface area contributed by atoms with Gasteiger partial charge in [0.1, 0.15) is 5.58 Å². The van der Waals surface area contributed by atoms with E-state index in [2.05, 4.69) is 5.48 Å². The normalized spacial score (nSPS) is 10.8. The fourth-order valence-corrected chi connectivity index (χ4v) is 2.38. The molecule has 0 aliphatic carbocycles. The summed E-state index contributed by atoms with van der Waals surface area (Å²) in [4.78, 5) is 17.6. The third kappa shape index (κ3) is 3.41. The number of ether oxygens (including phenoxy) is 1. The highest BCUT2D eigenvalue weighted by molar-refractivity contribution is 5.98. The number of para-hydroxylation sites is 1. The summed E-state index contributed by atoms with van der Waals surface area (Å²) in [5.74, 6) is -0.217. The first-order chi connectivity index (χ1) is 11.3. The molecule has 0 aliphatic rings. The molecular formula is C18H17NO4. The Morgan fingerprint density at radius 3 is 2.57 bits per heavy atom. The molecule has 0 radical (unpaired) electrons. The van der Waals surface area contributed by atoms with Gasteiger partial charge in [-0.25, -0.2) is 5.48 Å². The Kier molecular flexibility index (Phi) is 4.71. The van der Waals surface area contributed by atoms with Gasteiger partial charge in [-0.3, -0.25) is 9.63 Å². The number of carbonyl (C=O) groups is 1. The van der Waals surface area contributed by atoms with E-state index in [0.29, 0.717) is 17.8 Å². The Hall–Kier alpha value is -2.63. The number of hydrogen-bond donors (Lipinski definition) is 1. The Balaban J connectivity index is 1.74. The monoisotopic (exact) mass is 311 g/mol. The molecule has 1 heterocycles. The average Bonchev–Trinajstić information content (AvgIpc) is 2.95. The predicted molar refractivity (Wildman–Crippen MR) is 85.6 cm³/mol. The van der Waals surface area contributed by atoms with Crippen molar-refractivity contribution in [2.24, 2.45) is 0 Å². The molecule has 2 aromatic carbocycles. The van der Waals surface area contributed by atoms with E-state index in [1.54, 1.807) is 7.11 Å². The third-order valence-electron chi connectivity index (χ3n) is 3.44. The third-order valence-corrected chi connectivity index (χ3v) is 3.44. The van der Waals surface area contributed by atoms with Crippen molar-refractivity contribution in [3.63, 3.8) is 0 Å². The lowest BCUT2D eigenvalue weighted by atomic mass is 10.1. The Morgan fingerprint density at radius 2 is 1.78 bits per heavy atom. The number of benzene rings is 2. The molecule has 0 saturated heterocycles. The van der Waals surface area contributed by atoms with Gasteiger partial charge in [-0.15, -0.1) is 0 Å². The van der Waals surface area contributed by atoms with Gasteiger partial charge in [-0.2, -0.15) is 0 Å². The van der Waals surface area contributed by atoms with Crippen molar-refractivity contribution in [2.75, 3.05) is 7.11 Å². The highest BCUT2D eigenvalue weighted by Gasteiger charge is 2.20. The first kappa shape index (κ1) is 15.3. The lowest BCUT2D eigenvalue weighted by molar-refractivity contribution is 0.0210. The van der Waals surface area contributed by atoms with E-state index in [-0.39, 0.29) is 12.4 Å². The second-order valence-electron chi connectivity index (χ2n) is 5.04. The molecule has 1 N–H and O–H groups in total. The summed E-state index contributed by atoms with van der Waals surface area (Å²) in [6, 6.07) is 17.1. The van der Waals surface area contributed by atoms with Crippen LogP contribution in [0.4, 0.5) is 0 Å². The van der Waals surface area contributed by atoms with Crippen LogP contribution in [0.2, 0.25) is 0 Å². The SMILES string of the molecule is COCc1c(C(=O)NOCc2ccccc2)oc2ccccc12. The van der Waals surface area contributed by atoms with Gasteiger partial charge in [-0.1, -0.05) is 48.5 Å². The summed E-state index contributed by atoms with van der Waals surface area (Å²) in [7, 11) is 1.58. The second-order valence-corrected chi connectivity index (χ2v) is 5.04. The molecule has 0 fully saturated rings. The Bertz CT molecular complexity index is 795. The lowest BCUT2D eigenvalue weighted by Gasteiger charge is -2.06. The van der Waals surface area contributed by atoms with Gasteiger partial charge in [0.15, 0.2) is 5.76 Å². The van der Waals surface area contributed by atoms with E-state index in [0.717, 1.165) is 10.9 Å². The van der Waals surface area contributed by atoms with Crippen molar-refractivity contribution in [1.29, 1.82) is 0 Å². The van der Waals surface area contributed by atoms with Gasteiger partial charge in [0.05, 0.1) is 13.2 Å². The molecule has 5 nitrogen and oxygen atoms in total. The summed E-state index contributed by atoms with van der Waals surface area (Å²) in [5, 5.41) is 0.863. The van der Waals surface area contributed by atoms with Crippen molar-refractivity contribution in [1.82, 2.24) is 5.48 Å². The van der Waals surface area contributed by atoms with E-state index in [9.17, 15) is 4.79 Å². The number of furan rings is 1. The molecule has 0 bridgehead atoms. The van der Waals surface area contributed by atoms with Gasteiger partial charge < -0.3 is 9.15 Å². The number of hydroxylamine groups is 1. The van der Waals surface area contributed by atoms with Crippen molar-refractivity contribution in [3.8, 4) is 0 Å². The van der Waals surface area contributed by atoms with E-state index < -0.39 is 5.91 Å². The number of amides is 1. The standard InChI is InChI=1S/C18H17NO4/c1-21-12-15-14-9-5-6-10-16(14)23-17(15)18(20)19-22-11-13-7-3-2-4-8-13/h2-10H,11-12H2,1H3,(H,19,20). The highest BCUT2D eigenvalue weighted by atomic mass is 16.7. The molecule has 0 atom stereocenters. The van der Waals surface area contributed by atoms with E-state index in [4.69, 9.17) is 14.0 Å². The molecule has 3 aromatic rings. The summed E-state index contributed by atoms with van der Waals surface area (Å²) in [6.07, 6.45) is 0. The zero-order chi connectivity index (χ0) is 16.1. The van der Waals surface area contributed by atoms with Crippen LogP contribution in [0.15, 0.2) is 59.0 Å². The van der Waals surface area contributed by atoms with Crippen LogP contribution in [0, 0.1) is 0 Å². The van der Waals surface area contributed by atoms with Crippen molar-refractivity contribution < 1.29 is 18.8 Å². The number of carbonyl (C=O) groups excluding carboxylic acids is 1.